The lowest BCUT2D eigenvalue weighted by Crippen LogP contribution is -2.35. The number of benzene rings is 3. The Hall–Kier alpha value is -4.26. The molecular formula is C27H20F2N2O3. The number of nitrogens with zero attached hydrogens (tertiary/aromatic N) is 1. The van der Waals surface area contributed by atoms with Gasteiger partial charge in [0.05, 0.1) is 0 Å². The van der Waals surface area contributed by atoms with Gasteiger partial charge in [-0.3, -0.25) is 9.59 Å². The summed E-state index contributed by atoms with van der Waals surface area (Å²) >= 11 is 0. The molecule has 0 bridgehead atoms. The lowest BCUT2D eigenvalue weighted by atomic mass is 10.1. The highest BCUT2D eigenvalue weighted by Gasteiger charge is 2.25. The zero-order valence-corrected chi connectivity index (χ0v) is 18.1. The summed E-state index contributed by atoms with van der Waals surface area (Å²) in [6.45, 7) is 0.936. The maximum Gasteiger partial charge on any atom is 0.255 e. The Balaban J connectivity index is 1.27. The van der Waals surface area contributed by atoms with Gasteiger partial charge in [0, 0.05) is 47.5 Å². The van der Waals surface area contributed by atoms with E-state index >= 15 is 0 Å². The molecule has 3 aromatic carbocycles. The highest BCUT2D eigenvalue weighted by atomic mass is 19.1. The van der Waals surface area contributed by atoms with Crippen molar-refractivity contribution in [1.82, 2.24) is 4.90 Å². The molecule has 0 atom stereocenters. The van der Waals surface area contributed by atoms with Crippen LogP contribution in [0.1, 0.15) is 32.0 Å². The van der Waals surface area contributed by atoms with Crippen LogP contribution in [0.25, 0.3) is 11.3 Å². The third kappa shape index (κ3) is 4.45. The van der Waals surface area contributed by atoms with Gasteiger partial charge in [-0.15, -0.1) is 0 Å². The molecule has 0 radical (unpaired) electrons. The van der Waals surface area contributed by atoms with Crippen LogP contribution >= 0.6 is 0 Å². The Kier molecular flexibility index (Phi) is 5.67. The van der Waals surface area contributed by atoms with E-state index < -0.39 is 5.82 Å². The molecule has 5 rings (SSSR count). The fraction of sp³-hybridized carbons (Fsp3) is 0.111. The minimum atomic E-state index is -0.398. The molecule has 1 N–H and O–H groups in total. The van der Waals surface area contributed by atoms with Crippen LogP contribution in [-0.2, 0) is 13.0 Å². The third-order valence-corrected chi connectivity index (χ3v) is 5.78. The molecule has 2 amide bonds. The van der Waals surface area contributed by atoms with Gasteiger partial charge in [-0.05, 0) is 78.9 Å². The second-order valence-corrected chi connectivity index (χ2v) is 8.08. The van der Waals surface area contributed by atoms with Crippen molar-refractivity contribution in [3.63, 3.8) is 0 Å². The van der Waals surface area contributed by atoms with E-state index in [1.165, 1.54) is 48.5 Å². The summed E-state index contributed by atoms with van der Waals surface area (Å²) < 4.78 is 32.2. The number of hydrogen-bond donors (Lipinski definition) is 1. The van der Waals surface area contributed by atoms with Gasteiger partial charge in [-0.1, -0.05) is 0 Å². The molecule has 34 heavy (non-hydrogen) atoms. The van der Waals surface area contributed by atoms with Gasteiger partial charge in [0.25, 0.3) is 11.8 Å². The first-order valence-electron chi connectivity index (χ1n) is 10.8. The smallest absolute Gasteiger partial charge is 0.255 e. The molecule has 0 spiro atoms. The molecule has 5 nitrogen and oxygen atoms in total. The topological polar surface area (TPSA) is 62.6 Å². The number of rotatable bonds is 4. The fourth-order valence-electron chi connectivity index (χ4n) is 3.95. The molecule has 0 saturated carbocycles. The molecule has 1 aromatic heterocycles. The van der Waals surface area contributed by atoms with E-state index in [2.05, 4.69) is 5.32 Å². The Morgan fingerprint density at radius 2 is 1.44 bits per heavy atom. The summed E-state index contributed by atoms with van der Waals surface area (Å²) in [7, 11) is 0. The molecule has 170 valence electrons. The van der Waals surface area contributed by atoms with Gasteiger partial charge in [-0.25, -0.2) is 8.78 Å². The van der Waals surface area contributed by atoms with Crippen LogP contribution in [0.2, 0.25) is 0 Å². The van der Waals surface area contributed by atoms with Crippen LogP contribution in [0.3, 0.4) is 0 Å². The summed E-state index contributed by atoms with van der Waals surface area (Å²) in [5.74, 6) is 0.272. The normalized spacial score (nSPS) is 12.8. The first-order chi connectivity index (χ1) is 16.5. The number of carbonyl (C=O) groups excluding carboxylic acids is 2. The quantitative estimate of drug-likeness (QED) is 0.428. The lowest BCUT2D eigenvalue weighted by molar-refractivity contribution is 0.0729. The predicted molar refractivity (Wildman–Crippen MR) is 123 cm³/mol. The SMILES string of the molecule is O=C(Nc1ccc(-c2cc3c(o2)CCN(C(=O)c2ccc(F)cc2)C3)cc1)c1ccc(F)cc1. The number of hydrogen-bond acceptors (Lipinski definition) is 3. The van der Waals surface area contributed by atoms with Crippen LogP contribution in [-0.4, -0.2) is 23.3 Å². The summed E-state index contributed by atoms with van der Waals surface area (Å²) in [6, 6.07) is 20.0. The minimum absolute atomic E-state index is 0.144. The average molecular weight is 458 g/mol. The van der Waals surface area contributed by atoms with Gasteiger partial charge < -0.3 is 14.6 Å². The van der Waals surface area contributed by atoms with Gasteiger partial charge >= 0.3 is 0 Å². The highest BCUT2D eigenvalue weighted by Crippen LogP contribution is 2.31. The molecule has 7 heteroatoms. The van der Waals surface area contributed by atoms with E-state index in [1.807, 2.05) is 18.2 Å². The van der Waals surface area contributed by atoms with E-state index in [9.17, 15) is 18.4 Å². The number of nitrogens with one attached hydrogen (secondary N) is 1. The van der Waals surface area contributed by atoms with Crippen molar-refractivity contribution < 1.29 is 22.8 Å². The van der Waals surface area contributed by atoms with Crippen LogP contribution in [0, 0.1) is 11.6 Å². The molecule has 0 saturated heterocycles. The Labute approximate surface area is 194 Å². The van der Waals surface area contributed by atoms with Crippen molar-refractivity contribution in [1.29, 1.82) is 0 Å². The van der Waals surface area contributed by atoms with Crippen molar-refractivity contribution in [2.75, 3.05) is 11.9 Å². The Bertz CT molecular complexity index is 1340. The summed E-state index contributed by atoms with van der Waals surface area (Å²) in [5.41, 5.74) is 3.19. The number of anilines is 1. The number of carbonyl (C=O) groups is 2. The summed E-state index contributed by atoms with van der Waals surface area (Å²) in [4.78, 5) is 26.8. The maximum absolute atomic E-state index is 13.2. The van der Waals surface area contributed by atoms with E-state index in [1.54, 1.807) is 17.0 Å². The standard InChI is InChI=1S/C27H20F2N2O3/c28-21-7-1-18(2-8-21)26(32)30-23-11-5-17(6-12-23)25-15-20-16-31(14-13-24(20)34-25)27(33)19-3-9-22(29)10-4-19/h1-12,15H,13-14,16H2,(H,30,32). The van der Waals surface area contributed by atoms with Gasteiger partial charge in [0.15, 0.2) is 0 Å². The van der Waals surface area contributed by atoms with Crippen molar-refractivity contribution in [3.8, 4) is 11.3 Å². The number of fused-ring (bicyclic) bond motifs is 1. The number of halogens is 2. The highest BCUT2D eigenvalue weighted by molar-refractivity contribution is 6.04. The molecule has 0 unspecified atom stereocenters. The average Bonchev–Trinajstić information content (AvgIpc) is 3.28. The number of furan rings is 1. The van der Waals surface area contributed by atoms with Crippen molar-refractivity contribution in [3.05, 3.63) is 113 Å². The summed E-state index contributed by atoms with van der Waals surface area (Å²) in [5, 5.41) is 2.78. The second-order valence-electron chi connectivity index (χ2n) is 8.08. The maximum atomic E-state index is 13.2. The van der Waals surface area contributed by atoms with Crippen molar-refractivity contribution >= 4 is 17.5 Å². The third-order valence-electron chi connectivity index (χ3n) is 5.78. The zero-order valence-electron chi connectivity index (χ0n) is 18.1. The Morgan fingerprint density at radius 3 is 2.09 bits per heavy atom. The van der Waals surface area contributed by atoms with Crippen LogP contribution < -0.4 is 5.32 Å². The zero-order chi connectivity index (χ0) is 23.7. The molecule has 4 aromatic rings. The van der Waals surface area contributed by atoms with Crippen molar-refractivity contribution in [2.24, 2.45) is 0 Å². The molecule has 0 fully saturated rings. The lowest BCUT2D eigenvalue weighted by Gasteiger charge is -2.26. The van der Waals surface area contributed by atoms with E-state index in [0.29, 0.717) is 42.1 Å². The first kappa shape index (κ1) is 21.6. The van der Waals surface area contributed by atoms with E-state index in [-0.39, 0.29) is 17.6 Å². The van der Waals surface area contributed by atoms with Gasteiger partial charge in [-0.2, -0.15) is 0 Å². The Morgan fingerprint density at radius 1 is 0.824 bits per heavy atom. The monoisotopic (exact) mass is 458 g/mol. The first-order valence-corrected chi connectivity index (χ1v) is 10.8. The van der Waals surface area contributed by atoms with Crippen LogP contribution in [0.15, 0.2) is 83.3 Å². The molecule has 2 heterocycles. The fourth-order valence-corrected chi connectivity index (χ4v) is 3.95. The van der Waals surface area contributed by atoms with E-state index in [4.69, 9.17) is 4.42 Å². The second kappa shape index (κ2) is 8.94. The largest absolute Gasteiger partial charge is 0.461 e. The van der Waals surface area contributed by atoms with Crippen LogP contribution in [0.4, 0.5) is 14.5 Å². The van der Waals surface area contributed by atoms with Gasteiger partial charge in [0.1, 0.15) is 23.2 Å². The molecule has 1 aliphatic rings. The molecule has 1 aliphatic heterocycles. The molecular weight excluding hydrogens is 438 g/mol. The minimum Gasteiger partial charge on any atom is -0.461 e. The summed E-state index contributed by atoms with van der Waals surface area (Å²) in [6.07, 6.45) is 0.591. The van der Waals surface area contributed by atoms with E-state index in [0.717, 1.165) is 16.9 Å². The van der Waals surface area contributed by atoms with Crippen LogP contribution in [0.5, 0.6) is 0 Å². The van der Waals surface area contributed by atoms with Crippen molar-refractivity contribution in [2.45, 2.75) is 13.0 Å². The predicted octanol–water partition coefficient (Wildman–Crippen LogP) is 5.68. The number of amides is 2. The molecule has 0 aliphatic carbocycles. The van der Waals surface area contributed by atoms with Gasteiger partial charge in [0.2, 0.25) is 0 Å².